The van der Waals surface area contributed by atoms with Crippen LogP contribution in [-0.2, 0) is 4.79 Å². The van der Waals surface area contributed by atoms with Gasteiger partial charge in [-0.05, 0) is 73.6 Å². The van der Waals surface area contributed by atoms with Crippen LogP contribution in [0.1, 0.15) is 25.7 Å². The van der Waals surface area contributed by atoms with Crippen LogP contribution in [0.4, 0.5) is 10.1 Å². The summed E-state index contributed by atoms with van der Waals surface area (Å²) >= 11 is 12.6. The third-order valence-electron chi connectivity index (χ3n) is 5.73. The molecule has 0 aromatic heterocycles. The van der Waals surface area contributed by atoms with Crippen LogP contribution in [0.2, 0.25) is 0 Å². The number of anilines is 1. The number of nitrogens with one attached hydrogen (secondary N) is 1. The second-order valence-electron chi connectivity index (χ2n) is 6.89. The molecule has 3 aliphatic carbocycles. The van der Waals surface area contributed by atoms with Gasteiger partial charge < -0.3 is 5.32 Å². The van der Waals surface area contributed by atoms with Crippen molar-refractivity contribution >= 4 is 34.8 Å². The zero-order chi connectivity index (χ0) is 15.5. The Morgan fingerprint density at radius 1 is 1.05 bits per heavy atom. The topological polar surface area (TPSA) is 29.1 Å². The maximum absolute atomic E-state index is 12.9. The average Bonchev–Trinajstić information content (AvgIpc) is 3.26. The molecule has 0 radical (unpaired) electrons. The average molecular weight is 342 g/mol. The first kappa shape index (κ1) is 14.8. The number of hydrogen-bond donors (Lipinski definition) is 1. The van der Waals surface area contributed by atoms with E-state index >= 15 is 0 Å². The zero-order valence-corrected chi connectivity index (χ0v) is 13.6. The zero-order valence-electron chi connectivity index (χ0n) is 12.1. The van der Waals surface area contributed by atoms with Gasteiger partial charge >= 0.3 is 0 Å². The summed E-state index contributed by atoms with van der Waals surface area (Å²) in [4.78, 5) is 12.4. The van der Waals surface area contributed by atoms with Crippen molar-refractivity contribution in [3.05, 3.63) is 30.1 Å². The van der Waals surface area contributed by atoms with Gasteiger partial charge in [-0.2, -0.15) is 0 Å². The molecule has 5 heteroatoms. The summed E-state index contributed by atoms with van der Waals surface area (Å²) in [5, 5.41) is 2.91. The van der Waals surface area contributed by atoms with E-state index in [9.17, 15) is 9.18 Å². The summed E-state index contributed by atoms with van der Waals surface area (Å²) in [6, 6.07) is 5.92. The number of carbonyl (C=O) groups is 1. The van der Waals surface area contributed by atoms with Crippen LogP contribution in [-0.4, -0.2) is 10.2 Å². The normalized spacial score (nSPS) is 38.0. The number of hydrogen-bond acceptors (Lipinski definition) is 1. The van der Waals surface area contributed by atoms with E-state index in [0.29, 0.717) is 29.4 Å². The van der Waals surface area contributed by atoms with Crippen molar-refractivity contribution in [2.45, 2.75) is 30.0 Å². The van der Waals surface area contributed by atoms with E-state index in [4.69, 9.17) is 23.2 Å². The van der Waals surface area contributed by atoms with Gasteiger partial charge in [-0.15, -0.1) is 23.2 Å². The van der Waals surface area contributed by atoms with Gasteiger partial charge in [-0.25, -0.2) is 4.39 Å². The predicted molar refractivity (Wildman–Crippen MR) is 85.4 cm³/mol. The van der Waals surface area contributed by atoms with Gasteiger partial charge in [-0.1, -0.05) is 0 Å². The number of halogens is 3. The number of rotatable bonds is 2. The highest BCUT2D eigenvalue weighted by Crippen LogP contribution is 2.67. The molecule has 0 aliphatic heterocycles. The monoisotopic (exact) mass is 341 g/mol. The molecule has 0 saturated heterocycles. The Balaban J connectivity index is 1.37. The molecule has 3 saturated carbocycles. The molecule has 1 N–H and O–H groups in total. The number of fused-ring (bicyclic) bond motifs is 2. The SMILES string of the molecule is O=C(Nc1ccc(F)cc1)C1[C@H]2CC[C@@H]3[C@@H](CC[C@H]12)C3(Cl)Cl. The minimum absolute atomic E-state index is 0.0696. The summed E-state index contributed by atoms with van der Waals surface area (Å²) in [5.74, 6) is 1.63. The molecule has 0 spiro atoms. The Kier molecular flexibility index (Phi) is 3.43. The van der Waals surface area contributed by atoms with Gasteiger partial charge in [0, 0.05) is 11.6 Å². The first-order chi connectivity index (χ1) is 10.5. The van der Waals surface area contributed by atoms with Crippen LogP contribution in [0, 0.1) is 35.4 Å². The lowest BCUT2D eigenvalue weighted by Gasteiger charge is -2.05. The molecule has 0 unspecified atom stereocenters. The van der Waals surface area contributed by atoms with Crippen molar-refractivity contribution < 1.29 is 9.18 Å². The molecule has 4 atom stereocenters. The molecule has 1 amide bonds. The van der Waals surface area contributed by atoms with E-state index in [2.05, 4.69) is 5.32 Å². The van der Waals surface area contributed by atoms with E-state index < -0.39 is 4.33 Å². The Hall–Kier alpha value is -0.800. The minimum Gasteiger partial charge on any atom is -0.326 e. The molecular formula is C17H18Cl2FNO. The number of alkyl halides is 2. The molecule has 0 heterocycles. The first-order valence-corrected chi connectivity index (χ1v) is 8.68. The van der Waals surface area contributed by atoms with E-state index in [1.807, 2.05) is 0 Å². The summed E-state index contributed by atoms with van der Waals surface area (Å²) in [7, 11) is 0. The molecule has 0 bridgehead atoms. The van der Waals surface area contributed by atoms with Gasteiger partial charge in [0.1, 0.15) is 10.2 Å². The molecule has 3 aliphatic rings. The maximum Gasteiger partial charge on any atom is 0.228 e. The van der Waals surface area contributed by atoms with Gasteiger partial charge in [0.2, 0.25) is 5.91 Å². The highest BCUT2D eigenvalue weighted by atomic mass is 35.5. The van der Waals surface area contributed by atoms with Crippen molar-refractivity contribution in [1.82, 2.24) is 0 Å². The maximum atomic E-state index is 12.9. The molecule has 22 heavy (non-hydrogen) atoms. The Morgan fingerprint density at radius 2 is 1.59 bits per heavy atom. The standard InChI is InChI=1S/C17H18Cl2FNO/c18-17(19)13-7-5-11-12(6-8-14(13)17)15(11)16(22)21-10-3-1-9(20)2-4-10/h1-4,11-15H,5-8H2,(H,21,22)/t11-,12-,13+,14+/m0/s1. The van der Waals surface area contributed by atoms with E-state index in [-0.39, 0.29) is 17.6 Å². The van der Waals surface area contributed by atoms with E-state index in [0.717, 1.165) is 25.7 Å². The highest BCUT2D eigenvalue weighted by molar-refractivity contribution is 6.51. The van der Waals surface area contributed by atoms with Crippen LogP contribution in [0.15, 0.2) is 24.3 Å². The minimum atomic E-state index is -0.511. The molecular weight excluding hydrogens is 324 g/mol. The van der Waals surface area contributed by atoms with Gasteiger partial charge in [0.05, 0.1) is 0 Å². The Morgan fingerprint density at radius 3 is 2.14 bits per heavy atom. The van der Waals surface area contributed by atoms with Crippen LogP contribution >= 0.6 is 23.2 Å². The third kappa shape index (κ3) is 2.43. The molecule has 2 nitrogen and oxygen atoms in total. The van der Waals surface area contributed by atoms with Crippen LogP contribution in [0.3, 0.4) is 0 Å². The van der Waals surface area contributed by atoms with E-state index in [1.165, 1.54) is 12.1 Å². The second kappa shape index (κ2) is 5.10. The van der Waals surface area contributed by atoms with Crippen LogP contribution < -0.4 is 5.32 Å². The quantitative estimate of drug-likeness (QED) is 0.781. The lowest BCUT2D eigenvalue weighted by molar-refractivity contribution is -0.117. The van der Waals surface area contributed by atoms with E-state index in [1.54, 1.807) is 12.1 Å². The van der Waals surface area contributed by atoms with Crippen LogP contribution in [0.25, 0.3) is 0 Å². The molecule has 3 fully saturated rings. The second-order valence-corrected chi connectivity index (χ2v) is 8.34. The summed E-state index contributed by atoms with van der Waals surface area (Å²) in [6.07, 6.45) is 4.13. The lowest BCUT2D eigenvalue weighted by atomic mass is 10.0. The number of amides is 1. The fourth-order valence-corrected chi connectivity index (χ4v) is 5.29. The predicted octanol–water partition coefficient (Wildman–Crippen LogP) is 4.62. The molecule has 1 aromatic carbocycles. The largest absolute Gasteiger partial charge is 0.326 e. The van der Waals surface area contributed by atoms with Gasteiger partial charge in [-0.3, -0.25) is 4.79 Å². The van der Waals surface area contributed by atoms with Crippen molar-refractivity contribution in [1.29, 1.82) is 0 Å². The molecule has 118 valence electrons. The fraction of sp³-hybridized carbons (Fsp3) is 0.588. The number of carbonyl (C=O) groups excluding carboxylic acids is 1. The molecule has 1 aromatic rings. The van der Waals surface area contributed by atoms with Crippen molar-refractivity contribution in [2.75, 3.05) is 5.32 Å². The number of benzene rings is 1. The highest BCUT2D eigenvalue weighted by Gasteiger charge is 2.65. The van der Waals surface area contributed by atoms with Crippen molar-refractivity contribution in [3.8, 4) is 0 Å². The van der Waals surface area contributed by atoms with Crippen molar-refractivity contribution in [3.63, 3.8) is 0 Å². The molecule has 4 rings (SSSR count). The van der Waals surface area contributed by atoms with Gasteiger partial charge in [0.25, 0.3) is 0 Å². The first-order valence-electron chi connectivity index (χ1n) is 7.92. The fourth-order valence-electron chi connectivity index (χ4n) is 4.37. The lowest BCUT2D eigenvalue weighted by Crippen LogP contribution is -2.15. The van der Waals surface area contributed by atoms with Gasteiger partial charge in [0.15, 0.2) is 0 Å². The Bertz CT molecular complexity index is 581. The van der Waals surface area contributed by atoms with Crippen LogP contribution in [0.5, 0.6) is 0 Å². The summed E-state index contributed by atoms with van der Waals surface area (Å²) < 4.78 is 12.4. The van der Waals surface area contributed by atoms with Crippen molar-refractivity contribution in [2.24, 2.45) is 29.6 Å². The third-order valence-corrected chi connectivity index (χ3v) is 6.85. The summed E-state index contributed by atoms with van der Waals surface area (Å²) in [5.41, 5.74) is 0.661. The summed E-state index contributed by atoms with van der Waals surface area (Å²) in [6.45, 7) is 0. The Labute approximate surface area is 139 Å². The smallest absolute Gasteiger partial charge is 0.228 e.